The molecule has 4 rings (SSSR count). The van der Waals surface area contributed by atoms with E-state index in [9.17, 15) is 8.42 Å². The van der Waals surface area contributed by atoms with Crippen molar-refractivity contribution in [1.82, 2.24) is 9.97 Å². The maximum atomic E-state index is 12.3. The molecule has 0 aliphatic carbocycles. The summed E-state index contributed by atoms with van der Waals surface area (Å²) in [5, 5.41) is 3.01. The molecule has 8 nitrogen and oxygen atoms in total. The van der Waals surface area contributed by atoms with Gasteiger partial charge in [0.15, 0.2) is 15.6 Å². The van der Waals surface area contributed by atoms with Crippen molar-refractivity contribution in [3.05, 3.63) is 78.8 Å². The topological polar surface area (TPSA) is 104 Å². The van der Waals surface area contributed by atoms with Gasteiger partial charge in [0.2, 0.25) is 0 Å². The summed E-state index contributed by atoms with van der Waals surface area (Å²) in [6.45, 7) is 2.10. The number of ether oxygens (including phenoxy) is 2. The second kappa shape index (κ2) is 10.4. The van der Waals surface area contributed by atoms with Crippen molar-refractivity contribution in [2.75, 3.05) is 24.8 Å². The first-order valence-electron chi connectivity index (χ1n) is 10.8. The first-order valence-corrected chi connectivity index (χ1v) is 12.4. The third-order valence-electron chi connectivity index (χ3n) is 5.13. The molecule has 1 N–H and O–H groups in total. The molecule has 0 saturated heterocycles. The van der Waals surface area contributed by atoms with Gasteiger partial charge in [-0.2, -0.15) is 0 Å². The van der Waals surface area contributed by atoms with E-state index in [2.05, 4.69) is 15.3 Å². The van der Waals surface area contributed by atoms with Crippen LogP contribution < -0.4 is 14.8 Å². The summed E-state index contributed by atoms with van der Waals surface area (Å²) >= 11 is 0. The number of oxazole rings is 1. The molecule has 0 aliphatic rings. The minimum absolute atomic E-state index is 0.00217. The quantitative estimate of drug-likeness (QED) is 0.342. The molecule has 9 heteroatoms. The van der Waals surface area contributed by atoms with E-state index in [0.717, 1.165) is 11.3 Å². The van der Waals surface area contributed by atoms with Gasteiger partial charge in [0.1, 0.15) is 11.5 Å². The number of nitrogens with one attached hydrogen (secondary N) is 1. The van der Waals surface area contributed by atoms with Crippen LogP contribution in [0.2, 0.25) is 0 Å². The highest BCUT2D eigenvalue weighted by atomic mass is 32.2. The normalized spacial score (nSPS) is 11.2. The molecule has 0 amide bonds. The van der Waals surface area contributed by atoms with Gasteiger partial charge in [-0.05, 0) is 42.5 Å². The lowest BCUT2D eigenvalue weighted by molar-refractivity contribution is 0.320. The van der Waals surface area contributed by atoms with E-state index in [1.54, 1.807) is 25.4 Å². The van der Waals surface area contributed by atoms with E-state index in [1.807, 2.05) is 42.5 Å². The third-order valence-corrected chi connectivity index (χ3v) is 6.86. The summed E-state index contributed by atoms with van der Waals surface area (Å²) in [4.78, 5) is 8.77. The number of anilines is 2. The van der Waals surface area contributed by atoms with Crippen molar-refractivity contribution in [3.8, 4) is 22.8 Å². The molecule has 176 valence electrons. The first-order chi connectivity index (χ1) is 16.5. The molecule has 0 spiro atoms. The highest BCUT2D eigenvalue weighted by Crippen LogP contribution is 2.32. The van der Waals surface area contributed by atoms with E-state index < -0.39 is 9.84 Å². The Morgan fingerprint density at radius 1 is 1.03 bits per heavy atom. The smallest absolute Gasteiger partial charge is 0.299 e. The Hall–Kier alpha value is -3.85. The van der Waals surface area contributed by atoms with Crippen molar-refractivity contribution in [1.29, 1.82) is 0 Å². The fourth-order valence-electron chi connectivity index (χ4n) is 3.28. The van der Waals surface area contributed by atoms with Crippen LogP contribution in [0.15, 0.2) is 82.4 Å². The SMILES string of the molecule is CCS(=O)(=O)c1ccc(OC)c(Nc2ncc(-c3cccc(OCCc4ccccn4)c3)o2)c1. The van der Waals surface area contributed by atoms with E-state index in [0.29, 0.717) is 36.0 Å². The van der Waals surface area contributed by atoms with Crippen molar-refractivity contribution >= 4 is 21.5 Å². The van der Waals surface area contributed by atoms with Crippen LogP contribution in [0.1, 0.15) is 12.6 Å². The standard InChI is InChI=1S/C25H25N3O5S/c1-3-34(29,30)21-10-11-23(31-2)22(16-21)28-25-27-17-24(33-25)18-7-6-9-20(15-18)32-14-12-19-8-4-5-13-26-19/h4-11,13,15-17H,3,12,14H2,1-2H3,(H,27,28). The van der Waals surface area contributed by atoms with Gasteiger partial charge in [-0.15, -0.1) is 0 Å². The van der Waals surface area contributed by atoms with Gasteiger partial charge in [0.05, 0.1) is 36.2 Å². The van der Waals surface area contributed by atoms with Crippen LogP contribution >= 0.6 is 0 Å². The summed E-state index contributed by atoms with van der Waals surface area (Å²) in [5.74, 6) is 1.72. The van der Waals surface area contributed by atoms with Gasteiger partial charge >= 0.3 is 0 Å². The molecule has 2 aromatic heterocycles. The lowest BCUT2D eigenvalue weighted by Crippen LogP contribution is -2.05. The molecule has 0 fully saturated rings. The molecule has 4 aromatic rings. The van der Waals surface area contributed by atoms with Crippen LogP contribution in [0.3, 0.4) is 0 Å². The zero-order valence-corrected chi connectivity index (χ0v) is 19.7. The monoisotopic (exact) mass is 479 g/mol. The minimum atomic E-state index is -3.37. The van der Waals surface area contributed by atoms with E-state index in [-0.39, 0.29) is 16.7 Å². The molecular formula is C25H25N3O5S. The molecule has 0 bridgehead atoms. The molecule has 0 aliphatic heterocycles. The van der Waals surface area contributed by atoms with Crippen LogP contribution in [0.25, 0.3) is 11.3 Å². The molecular weight excluding hydrogens is 454 g/mol. The van der Waals surface area contributed by atoms with Crippen molar-refractivity contribution in [2.45, 2.75) is 18.2 Å². The summed E-state index contributed by atoms with van der Waals surface area (Å²) in [6, 6.07) is 18.2. The van der Waals surface area contributed by atoms with Gasteiger partial charge in [-0.3, -0.25) is 4.98 Å². The molecule has 34 heavy (non-hydrogen) atoms. The molecule has 0 atom stereocenters. The van der Waals surface area contributed by atoms with E-state index in [4.69, 9.17) is 13.9 Å². The van der Waals surface area contributed by atoms with Crippen LogP contribution in [0, 0.1) is 0 Å². The number of hydrogen-bond acceptors (Lipinski definition) is 8. The Labute approximate surface area is 198 Å². The number of methoxy groups -OCH3 is 1. The van der Waals surface area contributed by atoms with E-state index >= 15 is 0 Å². The second-order valence-electron chi connectivity index (χ2n) is 7.37. The predicted molar refractivity (Wildman–Crippen MR) is 129 cm³/mol. The van der Waals surface area contributed by atoms with Gasteiger partial charge < -0.3 is 19.2 Å². The van der Waals surface area contributed by atoms with Gasteiger partial charge in [0, 0.05) is 23.9 Å². The Balaban J connectivity index is 1.47. The third kappa shape index (κ3) is 5.55. The molecule has 0 radical (unpaired) electrons. The number of pyridine rings is 1. The second-order valence-corrected chi connectivity index (χ2v) is 9.65. The maximum Gasteiger partial charge on any atom is 0.299 e. The predicted octanol–water partition coefficient (Wildman–Crippen LogP) is 4.90. The fourth-order valence-corrected chi connectivity index (χ4v) is 4.19. The fraction of sp³-hybridized carbons (Fsp3) is 0.200. The van der Waals surface area contributed by atoms with Crippen LogP contribution in [0.5, 0.6) is 11.5 Å². The Morgan fingerprint density at radius 3 is 2.68 bits per heavy atom. The molecule has 2 heterocycles. The zero-order chi connectivity index (χ0) is 24.0. The largest absolute Gasteiger partial charge is 0.495 e. The number of hydrogen-bond donors (Lipinski definition) is 1. The summed E-state index contributed by atoms with van der Waals surface area (Å²) in [5.41, 5.74) is 2.21. The number of sulfone groups is 1. The summed E-state index contributed by atoms with van der Waals surface area (Å²) < 4.78 is 41.6. The van der Waals surface area contributed by atoms with Gasteiger partial charge in [-0.25, -0.2) is 13.4 Å². The Kier molecular flexibility index (Phi) is 7.12. The highest BCUT2D eigenvalue weighted by molar-refractivity contribution is 7.91. The number of nitrogens with zero attached hydrogens (tertiary/aromatic N) is 2. The average Bonchev–Trinajstić information content (AvgIpc) is 3.33. The van der Waals surface area contributed by atoms with Gasteiger partial charge in [0.25, 0.3) is 6.01 Å². The van der Waals surface area contributed by atoms with Crippen LogP contribution in [-0.2, 0) is 16.3 Å². The summed E-state index contributed by atoms with van der Waals surface area (Å²) in [6.07, 6.45) is 4.06. The number of benzene rings is 2. The first kappa shape index (κ1) is 23.3. The lowest BCUT2D eigenvalue weighted by atomic mass is 10.2. The average molecular weight is 480 g/mol. The Bertz CT molecular complexity index is 1350. The van der Waals surface area contributed by atoms with E-state index in [1.165, 1.54) is 19.2 Å². The number of rotatable bonds is 10. The van der Waals surface area contributed by atoms with Gasteiger partial charge in [-0.1, -0.05) is 25.1 Å². The molecule has 2 aromatic carbocycles. The van der Waals surface area contributed by atoms with Crippen molar-refractivity contribution < 1.29 is 22.3 Å². The summed E-state index contributed by atoms with van der Waals surface area (Å²) in [7, 11) is -1.86. The molecule has 0 unspecified atom stereocenters. The molecule has 0 saturated carbocycles. The van der Waals surface area contributed by atoms with Crippen molar-refractivity contribution in [3.63, 3.8) is 0 Å². The van der Waals surface area contributed by atoms with Crippen LogP contribution in [-0.4, -0.2) is 37.9 Å². The van der Waals surface area contributed by atoms with Crippen LogP contribution in [0.4, 0.5) is 11.7 Å². The van der Waals surface area contributed by atoms with Crippen molar-refractivity contribution in [2.24, 2.45) is 0 Å². The highest BCUT2D eigenvalue weighted by Gasteiger charge is 2.16. The maximum absolute atomic E-state index is 12.3. The lowest BCUT2D eigenvalue weighted by Gasteiger charge is -2.11. The minimum Gasteiger partial charge on any atom is -0.495 e. The zero-order valence-electron chi connectivity index (χ0n) is 18.9. The Morgan fingerprint density at radius 2 is 1.91 bits per heavy atom. The number of aromatic nitrogens is 2.